The Morgan fingerprint density at radius 1 is 1.05 bits per heavy atom. The summed E-state index contributed by atoms with van der Waals surface area (Å²) in [5.74, 6) is 6.51. The Morgan fingerprint density at radius 2 is 1.86 bits per heavy atom. The van der Waals surface area contributed by atoms with Crippen LogP contribution < -0.4 is 0 Å². The quantitative estimate of drug-likeness (QED) is 0.742. The minimum Gasteiger partial charge on any atom is -0.360 e. The van der Waals surface area contributed by atoms with Gasteiger partial charge in [0.1, 0.15) is 6.73 Å². The van der Waals surface area contributed by atoms with E-state index in [1.165, 1.54) is 11.1 Å². The fourth-order valence-electron chi connectivity index (χ4n) is 3.30. The molecule has 0 unspecified atom stereocenters. The van der Waals surface area contributed by atoms with Crippen LogP contribution >= 0.6 is 0 Å². The number of ether oxygens (including phenoxy) is 1. The van der Waals surface area contributed by atoms with Gasteiger partial charge in [0.2, 0.25) is 0 Å². The minimum absolute atomic E-state index is 0.306. The van der Waals surface area contributed by atoms with Crippen molar-refractivity contribution >= 4 is 0 Å². The molecule has 0 spiro atoms. The molecule has 21 heavy (non-hydrogen) atoms. The lowest BCUT2D eigenvalue weighted by Crippen LogP contribution is -2.25. The van der Waals surface area contributed by atoms with Crippen molar-refractivity contribution in [3.05, 3.63) is 71.3 Å². The highest BCUT2D eigenvalue weighted by atomic mass is 16.5. The first-order chi connectivity index (χ1) is 10.4. The number of hydrogen-bond acceptors (Lipinski definition) is 2. The molecule has 1 aliphatic carbocycles. The summed E-state index contributed by atoms with van der Waals surface area (Å²) < 4.78 is 5.93. The first kappa shape index (κ1) is 12.6. The second-order valence-electron chi connectivity index (χ2n) is 5.60. The number of fused-ring (bicyclic) bond motifs is 3. The topological polar surface area (TPSA) is 12.5 Å². The van der Waals surface area contributed by atoms with E-state index in [4.69, 9.17) is 4.74 Å². The molecule has 104 valence electrons. The fourth-order valence-corrected chi connectivity index (χ4v) is 3.30. The summed E-state index contributed by atoms with van der Waals surface area (Å²) >= 11 is 0. The number of rotatable bonds is 1. The number of hydrogen-bond donors (Lipinski definition) is 0. The average Bonchev–Trinajstić information content (AvgIpc) is 3.08. The van der Waals surface area contributed by atoms with E-state index in [-0.39, 0.29) is 0 Å². The largest absolute Gasteiger partial charge is 0.360 e. The summed E-state index contributed by atoms with van der Waals surface area (Å²) in [5.41, 5.74) is 3.91. The zero-order chi connectivity index (χ0) is 14.1. The summed E-state index contributed by atoms with van der Waals surface area (Å²) in [6, 6.07) is 19.2. The zero-order valence-corrected chi connectivity index (χ0v) is 11.8. The van der Waals surface area contributed by atoms with Crippen LogP contribution in [0.3, 0.4) is 0 Å². The summed E-state index contributed by atoms with van der Waals surface area (Å²) in [6.45, 7) is 1.44. The van der Waals surface area contributed by atoms with Gasteiger partial charge in [0.15, 0.2) is 0 Å². The highest BCUT2D eigenvalue weighted by Gasteiger charge is 2.41. The third-order valence-electron chi connectivity index (χ3n) is 4.28. The fraction of sp³-hybridized carbons (Fsp3) is 0.263. The molecular weight excluding hydrogens is 258 g/mol. The van der Waals surface area contributed by atoms with Crippen LogP contribution in [0.2, 0.25) is 0 Å². The van der Waals surface area contributed by atoms with Crippen molar-refractivity contribution in [3.8, 4) is 11.8 Å². The second-order valence-corrected chi connectivity index (χ2v) is 5.60. The first-order valence-corrected chi connectivity index (χ1v) is 7.39. The molecule has 0 bridgehead atoms. The molecule has 1 heterocycles. The van der Waals surface area contributed by atoms with Crippen molar-refractivity contribution in [2.24, 2.45) is 0 Å². The van der Waals surface area contributed by atoms with Crippen molar-refractivity contribution in [2.45, 2.75) is 18.6 Å². The SMILES string of the molecule is C(#Cc1ccccc1)CN1CO[C@H]2Cc3ccccc3[C@H]21. The van der Waals surface area contributed by atoms with Gasteiger partial charge in [0.25, 0.3) is 0 Å². The molecule has 1 aliphatic heterocycles. The van der Waals surface area contributed by atoms with Gasteiger partial charge >= 0.3 is 0 Å². The molecular formula is C19H17NO. The van der Waals surface area contributed by atoms with Crippen LogP contribution in [-0.2, 0) is 11.2 Å². The molecule has 4 rings (SSSR count). The normalized spacial score (nSPS) is 23.2. The predicted octanol–water partition coefficient (Wildman–Crippen LogP) is 2.99. The van der Waals surface area contributed by atoms with E-state index < -0.39 is 0 Å². The Morgan fingerprint density at radius 3 is 2.76 bits per heavy atom. The van der Waals surface area contributed by atoms with Crippen LogP contribution in [0.25, 0.3) is 0 Å². The van der Waals surface area contributed by atoms with Crippen molar-refractivity contribution in [3.63, 3.8) is 0 Å². The number of benzene rings is 2. The van der Waals surface area contributed by atoms with Gasteiger partial charge in [0, 0.05) is 12.0 Å². The Hall–Kier alpha value is -2.08. The maximum Gasteiger partial charge on any atom is 0.101 e. The molecule has 0 aromatic heterocycles. The van der Waals surface area contributed by atoms with E-state index in [0.29, 0.717) is 18.9 Å². The Labute approximate surface area is 125 Å². The zero-order valence-electron chi connectivity index (χ0n) is 11.8. The van der Waals surface area contributed by atoms with Crippen LogP contribution in [0.15, 0.2) is 54.6 Å². The van der Waals surface area contributed by atoms with Crippen LogP contribution in [0.1, 0.15) is 22.7 Å². The molecule has 2 heteroatoms. The van der Waals surface area contributed by atoms with Gasteiger partial charge in [-0.1, -0.05) is 54.3 Å². The van der Waals surface area contributed by atoms with E-state index >= 15 is 0 Å². The lowest BCUT2D eigenvalue weighted by Gasteiger charge is -2.19. The summed E-state index contributed by atoms with van der Waals surface area (Å²) in [4.78, 5) is 2.34. The summed E-state index contributed by atoms with van der Waals surface area (Å²) in [6.07, 6.45) is 1.34. The van der Waals surface area contributed by atoms with E-state index in [1.807, 2.05) is 30.3 Å². The highest BCUT2D eigenvalue weighted by molar-refractivity contribution is 5.38. The molecule has 2 aliphatic rings. The maximum atomic E-state index is 5.93. The van der Waals surface area contributed by atoms with Gasteiger partial charge in [-0.05, 0) is 23.3 Å². The molecule has 0 N–H and O–H groups in total. The van der Waals surface area contributed by atoms with Crippen LogP contribution in [-0.4, -0.2) is 24.3 Å². The van der Waals surface area contributed by atoms with E-state index in [0.717, 1.165) is 18.5 Å². The molecule has 2 nitrogen and oxygen atoms in total. The third kappa shape index (κ3) is 2.35. The van der Waals surface area contributed by atoms with Crippen molar-refractivity contribution in [1.82, 2.24) is 4.90 Å². The molecule has 2 aromatic rings. The Bertz CT molecular complexity index is 698. The maximum absolute atomic E-state index is 5.93. The molecule has 0 saturated carbocycles. The third-order valence-corrected chi connectivity index (χ3v) is 4.28. The smallest absolute Gasteiger partial charge is 0.101 e. The van der Waals surface area contributed by atoms with Crippen LogP contribution in [0.5, 0.6) is 0 Å². The van der Waals surface area contributed by atoms with Gasteiger partial charge in [-0.3, -0.25) is 4.90 Å². The standard InChI is InChI=1S/C19H17NO/c1-2-7-15(8-3-1)9-6-12-20-14-21-18-13-16-10-4-5-11-17(16)19(18)20/h1-5,7-8,10-11,18-19H,12-14H2/t18-,19+/m0/s1. The monoisotopic (exact) mass is 275 g/mol. The number of nitrogens with zero attached hydrogens (tertiary/aromatic N) is 1. The lowest BCUT2D eigenvalue weighted by molar-refractivity contribution is 0.0933. The Balaban J connectivity index is 1.51. The van der Waals surface area contributed by atoms with Gasteiger partial charge in [-0.15, -0.1) is 0 Å². The summed E-state index contributed by atoms with van der Waals surface area (Å²) in [7, 11) is 0. The molecule has 1 fully saturated rings. The molecule has 0 radical (unpaired) electrons. The first-order valence-electron chi connectivity index (χ1n) is 7.39. The minimum atomic E-state index is 0.306. The van der Waals surface area contributed by atoms with E-state index in [9.17, 15) is 0 Å². The van der Waals surface area contributed by atoms with Gasteiger partial charge in [-0.25, -0.2) is 0 Å². The van der Waals surface area contributed by atoms with Gasteiger partial charge in [0.05, 0.1) is 18.7 Å². The lowest BCUT2D eigenvalue weighted by atomic mass is 10.1. The predicted molar refractivity (Wildman–Crippen MR) is 82.7 cm³/mol. The van der Waals surface area contributed by atoms with Crippen molar-refractivity contribution in [2.75, 3.05) is 13.3 Å². The average molecular weight is 275 g/mol. The van der Waals surface area contributed by atoms with E-state index in [1.54, 1.807) is 0 Å². The van der Waals surface area contributed by atoms with Crippen molar-refractivity contribution in [1.29, 1.82) is 0 Å². The molecule has 2 atom stereocenters. The highest BCUT2D eigenvalue weighted by Crippen LogP contribution is 2.41. The van der Waals surface area contributed by atoms with Crippen LogP contribution in [0.4, 0.5) is 0 Å². The molecule has 2 aromatic carbocycles. The summed E-state index contributed by atoms with van der Waals surface area (Å²) in [5, 5.41) is 0. The van der Waals surface area contributed by atoms with Crippen LogP contribution in [0, 0.1) is 11.8 Å². The Kier molecular flexibility index (Phi) is 3.23. The molecule has 0 amide bonds. The van der Waals surface area contributed by atoms with Crippen molar-refractivity contribution < 1.29 is 4.74 Å². The van der Waals surface area contributed by atoms with E-state index in [2.05, 4.69) is 41.0 Å². The van der Waals surface area contributed by atoms with Gasteiger partial charge in [-0.2, -0.15) is 0 Å². The van der Waals surface area contributed by atoms with Gasteiger partial charge < -0.3 is 4.74 Å². The second kappa shape index (κ2) is 5.37. The molecule has 1 saturated heterocycles.